The van der Waals surface area contributed by atoms with Gasteiger partial charge >= 0.3 is 0 Å². The van der Waals surface area contributed by atoms with Crippen molar-refractivity contribution in [1.82, 2.24) is 10.6 Å². The second-order valence-corrected chi connectivity index (χ2v) is 8.98. The first-order valence-electron chi connectivity index (χ1n) is 9.53. The van der Waals surface area contributed by atoms with Gasteiger partial charge in [0.15, 0.2) is 5.96 Å². The normalized spacial score (nSPS) is 16.9. The molecule has 0 spiro atoms. The number of nitrogens with one attached hydrogen (secondary N) is 2. The van der Waals surface area contributed by atoms with Crippen molar-refractivity contribution in [2.75, 3.05) is 36.8 Å². The van der Waals surface area contributed by atoms with Crippen molar-refractivity contribution >= 4 is 33.1 Å². The van der Waals surface area contributed by atoms with Crippen LogP contribution in [0.1, 0.15) is 19.8 Å². The summed E-state index contributed by atoms with van der Waals surface area (Å²) in [6.07, 6.45) is 2.19. The molecule has 1 aliphatic heterocycles. The monoisotopic (exact) mass is 404 g/mol. The van der Waals surface area contributed by atoms with Gasteiger partial charge in [-0.25, -0.2) is 0 Å². The number of hydrogen-bond donors (Lipinski definition) is 2. The Hall–Kier alpha value is -1.86. The molecule has 1 fully saturated rings. The van der Waals surface area contributed by atoms with E-state index in [0.717, 1.165) is 43.3 Å². The van der Waals surface area contributed by atoms with Crippen LogP contribution in [0, 0.1) is 0 Å². The number of hydrogen-bond acceptors (Lipinski definition) is 4. The van der Waals surface area contributed by atoms with Crippen LogP contribution in [0.2, 0.25) is 0 Å². The predicted octanol–water partition coefficient (Wildman–Crippen LogP) is 3.08. The van der Waals surface area contributed by atoms with Gasteiger partial charge in [-0.1, -0.05) is 18.2 Å². The second kappa shape index (κ2) is 10.5. The summed E-state index contributed by atoms with van der Waals surface area (Å²) in [4.78, 5) is 7.95. The Balaban J connectivity index is 1.47. The molecule has 1 aromatic carbocycles. The van der Waals surface area contributed by atoms with Crippen LogP contribution >= 0.6 is 11.3 Å². The zero-order chi connectivity index (χ0) is 18.9. The minimum absolute atomic E-state index is 0.429. The Labute approximate surface area is 168 Å². The number of anilines is 1. The summed E-state index contributed by atoms with van der Waals surface area (Å²) in [7, 11) is -1.00. The molecular weight excluding hydrogens is 376 g/mol. The molecule has 0 aliphatic carbocycles. The SMILES string of the molecule is CCNC(=NCCS(=O)c1ccccc1)NC1CCN(c2cccs2)CC1. The summed E-state index contributed by atoms with van der Waals surface area (Å²) in [6, 6.07) is 14.3. The molecule has 1 atom stereocenters. The van der Waals surface area contributed by atoms with Gasteiger partial charge in [0.2, 0.25) is 0 Å². The average Bonchev–Trinajstić information content (AvgIpc) is 3.24. The summed E-state index contributed by atoms with van der Waals surface area (Å²) in [5, 5.41) is 10.4. The van der Waals surface area contributed by atoms with Crippen LogP contribution in [0.5, 0.6) is 0 Å². The topological polar surface area (TPSA) is 56.7 Å². The third-order valence-electron chi connectivity index (χ3n) is 4.55. The Kier molecular flexibility index (Phi) is 7.71. The van der Waals surface area contributed by atoms with Crippen LogP contribution in [0.25, 0.3) is 0 Å². The minimum atomic E-state index is -1.00. The van der Waals surface area contributed by atoms with Crippen LogP contribution in [0.15, 0.2) is 57.7 Å². The molecule has 146 valence electrons. The molecule has 0 radical (unpaired) electrons. The van der Waals surface area contributed by atoms with Gasteiger partial charge in [-0.2, -0.15) is 0 Å². The summed E-state index contributed by atoms with van der Waals surface area (Å²) in [5.74, 6) is 1.37. The lowest BCUT2D eigenvalue weighted by Crippen LogP contribution is -2.48. The maximum Gasteiger partial charge on any atom is 0.191 e. The van der Waals surface area contributed by atoms with Crippen molar-refractivity contribution in [2.24, 2.45) is 4.99 Å². The number of guanidine groups is 1. The van der Waals surface area contributed by atoms with E-state index >= 15 is 0 Å². The smallest absolute Gasteiger partial charge is 0.191 e. The quantitative estimate of drug-likeness (QED) is 0.550. The molecule has 7 heteroatoms. The number of piperidine rings is 1. The molecule has 2 heterocycles. The fourth-order valence-electron chi connectivity index (χ4n) is 3.14. The van der Waals surface area contributed by atoms with Crippen molar-refractivity contribution in [3.63, 3.8) is 0 Å². The van der Waals surface area contributed by atoms with E-state index in [2.05, 4.69) is 45.0 Å². The Morgan fingerprint density at radius 2 is 2.00 bits per heavy atom. The zero-order valence-corrected chi connectivity index (χ0v) is 17.4. The van der Waals surface area contributed by atoms with Gasteiger partial charge in [0.05, 0.1) is 22.3 Å². The molecule has 0 saturated carbocycles. The lowest BCUT2D eigenvalue weighted by atomic mass is 10.1. The van der Waals surface area contributed by atoms with Gasteiger partial charge in [0.25, 0.3) is 0 Å². The van der Waals surface area contributed by atoms with E-state index in [9.17, 15) is 4.21 Å². The van der Waals surface area contributed by atoms with Crippen LogP contribution in [0.4, 0.5) is 5.00 Å². The number of aliphatic imine (C=N–C) groups is 1. The zero-order valence-electron chi connectivity index (χ0n) is 15.8. The standard InChI is InChI=1S/C20H28N4OS2/c1-2-21-20(22-12-16-27(25)18-7-4-3-5-8-18)23-17-10-13-24(14-11-17)19-9-6-15-26-19/h3-9,15,17H,2,10-14,16H2,1H3,(H2,21,22,23). The Bertz CT molecular complexity index is 726. The largest absolute Gasteiger partial charge is 0.363 e. The predicted molar refractivity (Wildman–Crippen MR) is 116 cm³/mol. The first-order chi connectivity index (χ1) is 13.3. The number of benzene rings is 1. The van der Waals surface area contributed by atoms with Gasteiger partial charge in [-0.3, -0.25) is 9.20 Å². The molecule has 3 rings (SSSR count). The maximum atomic E-state index is 12.3. The highest BCUT2D eigenvalue weighted by Gasteiger charge is 2.20. The van der Waals surface area contributed by atoms with Gasteiger partial charge in [-0.15, -0.1) is 11.3 Å². The summed E-state index contributed by atoms with van der Waals surface area (Å²) in [6.45, 7) is 5.57. The second-order valence-electron chi connectivity index (χ2n) is 6.48. The van der Waals surface area contributed by atoms with Crippen LogP contribution in [0.3, 0.4) is 0 Å². The minimum Gasteiger partial charge on any atom is -0.363 e. The van der Waals surface area contributed by atoms with Crippen LogP contribution in [-0.4, -0.2) is 48.1 Å². The van der Waals surface area contributed by atoms with Crippen molar-refractivity contribution in [1.29, 1.82) is 0 Å². The molecule has 1 unspecified atom stereocenters. The molecule has 1 aliphatic rings. The number of thiophene rings is 1. The van der Waals surface area contributed by atoms with Gasteiger partial charge in [-0.05, 0) is 49.4 Å². The lowest BCUT2D eigenvalue weighted by Gasteiger charge is -2.33. The third kappa shape index (κ3) is 6.07. The summed E-state index contributed by atoms with van der Waals surface area (Å²) < 4.78 is 12.3. The van der Waals surface area contributed by atoms with E-state index in [0.29, 0.717) is 18.3 Å². The van der Waals surface area contributed by atoms with E-state index < -0.39 is 10.8 Å². The van der Waals surface area contributed by atoms with E-state index in [1.54, 1.807) is 11.3 Å². The van der Waals surface area contributed by atoms with Gasteiger partial charge < -0.3 is 15.5 Å². The maximum absolute atomic E-state index is 12.3. The van der Waals surface area contributed by atoms with Crippen molar-refractivity contribution in [2.45, 2.75) is 30.7 Å². The van der Waals surface area contributed by atoms with Crippen molar-refractivity contribution in [3.05, 3.63) is 47.8 Å². The van der Waals surface area contributed by atoms with Gasteiger partial charge in [0.1, 0.15) is 0 Å². The molecule has 5 nitrogen and oxygen atoms in total. The third-order valence-corrected chi connectivity index (χ3v) is 6.83. The molecule has 27 heavy (non-hydrogen) atoms. The average molecular weight is 405 g/mol. The van der Waals surface area contributed by atoms with Crippen molar-refractivity contribution in [3.8, 4) is 0 Å². The molecule has 0 amide bonds. The summed E-state index contributed by atoms with van der Waals surface area (Å²) >= 11 is 1.81. The van der Waals surface area contributed by atoms with Gasteiger partial charge in [0, 0.05) is 36.3 Å². The highest BCUT2D eigenvalue weighted by atomic mass is 32.2. The van der Waals surface area contributed by atoms with E-state index in [4.69, 9.17) is 0 Å². The Morgan fingerprint density at radius 3 is 2.67 bits per heavy atom. The first kappa shape index (κ1) is 19.9. The fourth-order valence-corrected chi connectivity index (χ4v) is 4.88. The highest BCUT2D eigenvalue weighted by Crippen LogP contribution is 2.24. The molecule has 1 saturated heterocycles. The molecule has 1 aromatic heterocycles. The molecule has 0 bridgehead atoms. The highest BCUT2D eigenvalue weighted by molar-refractivity contribution is 7.85. The Morgan fingerprint density at radius 1 is 1.22 bits per heavy atom. The molecule has 2 N–H and O–H groups in total. The molecule has 2 aromatic rings. The number of nitrogens with zero attached hydrogens (tertiary/aromatic N) is 2. The van der Waals surface area contributed by atoms with Crippen LogP contribution < -0.4 is 15.5 Å². The fraction of sp³-hybridized carbons (Fsp3) is 0.450. The van der Waals surface area contributed by atoms with Crippen LogP contribution in [-0.2, 0) is 10.8 Å². The first-order valence-corrected chi connectivity index (χ1v) is 11.7. The van der Waals surface area contributed by atoms with E-state index in [-0.39, 0.29) is 0 Å². The number of rotatable bonds is 7. The van der Waals surface area contributed by atoms with E-state index in [1.807, 2.05) is 30.3 Å². The lowest BCUT2D eigenvalue weighted by molar-refractivity contribution is 0.463. The van der Waals surface area contributed by atoms with Crippen molar-refractivity contribution < 1.29 is 4.21 Å². The van der Waals surface area contributed by atoms with E-state index in [1.165, 1.54) is 5.00 Å². The molecular formula is C20H28N4OS2. The summed E-state index contributed by atoms with van der Waals surface area (Å²) in [5.41, 5.74) is 0.